The van der Waals surface area contributed by atoms with Gasteiger partial charge in [0.05, 0.1) is 23.9 Å². The SMILES string of the molecule is COc1ccc2c(C(O)N3CCC(c4ccccc4C(F)(F)F)CC3)[nH]nc2c1. The topological polar surface area (TPSA) is 61.4 Å². The van der Waals surface area contributed by atoms with Gasteiger partial charge in [-0.3, -0.25) is 10.00 Å². The molecule has 29 heavy (non-hydrogen) atoms. The maximum atomic E-state index is 13.3. The van der Waals surface area contributed by atoms with Gasteiger partial charge in [-0.25, -0.2) is 0 Å². The first kappa shape index (κ1) is 19.7. The molecule has 0 saturated carbocycles. The Balaban J connectivity index is 1.49. The average molecular weight is 405 g/mol. The van der Waals surface area contributed by atoms with Crippen LogP contribution in [0.4, 0.5) is 13.2 Å². The minimum atomic E-state index is -4.36. The Kier molecular flexibility index (Phi) is 5.23. The first-order chi connectivity index (χ1) is 13.9. The van der Waals surface area contributed by atoms with Gasteiger partial charge in [0.2, 0.25) is 0 Å². The van der Waals surface area contributed by atoms with Crippen LogP contribution in [0.1, 0.15) is 41.8 Å². The molecule has 1 aliphatic rings. The minimum absolute atomic E-state index is 0.181. The number of aliphatic hydroxyl groups is 1. The van der Waals surface area contributed by atoms with Crippen molar-refractivity contribution in [2.24, 2.45) is 0 Å². The summed E-state index contributed by atoms with van der Waals surface area (Å²) in [4.78, 5) is 1.86. The van der Waals surface area contributed by atoms with Crippen LogP contribution in [-0.2, 0) is 6.18 Å². The van der Waals surface area contributed by atoms with Crippen molar-refractivity contribution in [3.63, 3.8) is 0 Å². The van der Waals surface area contributed by atoms with Gasteiger partial charge in [0.15, 0.2) is 6.23 Å². The third kappa shape index (κ3) is 3.82. The minimum Gasteiger partial charge on any atom is -0.497 e. The molecule has 1 aromatic heterocycles. The van der Waals surface area contributed by atoms with E-state index in [1.807, 2.05) is 11.0 Å². The van der Waals surface area contributed by atoms with Crippen LogP contribution in [0.25, 0.3) is 10.9 Å². The lowest BCUT2D eigenvalue weighted by Crippen LogP contribution is -2.36. The summed E-state index contributed by atoms with van der Waals surface area (Å²) < 4.78 is 45.2. The van der Waals surface area contributed by atoms with Crippen LogP contribution in [0, 0.1) is 0 Å². The van der Waals surface area contributed by atoms with Crippen LogP contribution in [0.3, 0.4) is 0 Å². The lowest BCUT2D eigenvalue weighted by atomic mass is 9.86. The van der Waals surface area contributed by atoms with Crippen molar-refractivity contribution in [3.8, 4) is 5.75 Å². The molecule has 1 unspecified atom stereocenters. The molecule has 2 heterocycles. The number of rotatable bonds is 4. The molecule has 154 valence electrons. The van der Waals surface area contributed by atoms with Crippen LogP contribution >= 0.6 is 0 Å². The van der Waals surface area contributed by atoms with Crippen molar-refractivity contribution < 1.29 is 23.0 Å². The highest BCUT2D eigenvalue weighted by molar-refractivity contribution is 5.83. The Morgan fingerprint density at radius 2 is 1.90 bits per heavy atom. The second kappa shape index (κ2) is 7.68. The molecule has 2 aromatic carbocycles. The fourth-order valence-electron chi connectivity index (χ4n) is 4.08. The number of H-pyrrole nitrogens is 1. The largest absolute Gasteiger partial charge is 0.497 e. The van der Waals surface area contributed by atoms with Gasteiger partial charge in [-0.05, 0) is 42.5 Å². The molecule has 0 spiro atoms. The highest BCUT2D eigenvalue weighted by atomic mass is 19.4. The molecule has 1 fully saturated rings. The van der Waals surface area contributed by atoms with Crippen molar-refractivity contribution in [1.82, 2.24) is 15.1 Å². The second-order valence-corrected chi connectivity index (χ2v) is 7.29. The number of alkyl halides is 3. The lowest BCUT2D eigenvalue weighted by molar-refractivity contribution is -0.138. The summed E-state index contributed by atoms with van der Waals surface area (Å²) in [5.41, 5.74) is 1.05. The number of hydrogen-bond acceptors (Lipinski definition) is 4. The van der Waals surface area contributed by atoms with Crippen molar-refractivity contribution in [1.29, 1.82) is 0 Å². The molecule has 1 saturated heterocycles. The standard InChI is InChI=1S/C21H22F3N3O2/c1-29-14-6-7-16-18(12-14)25-26-19(16)20(28)27-10-8-13(9-11-27)15-4-2-3-5-17(15)21(22,23)24/h2-7,12-13,20,28H,8-11H2,1H3,(H,25,26). The number of aromatic amines is 1. The van der Waals surface area contributed by atoms with E-state index in [1.165, 1.54) is 6.07 Å². The summed E-state index contributed by atoms with van der Waals surface area (Å²) in [6.07, 6.45) is -4.16. The number of hydrogen-bond donors (Lipinski definition) is 2. The fourth-order valence-corrected chi connectivity index (χ4v) is 4.08. The molecule has 2 N–H and O–H groups in total. The number of likely N-dealkylation sites (tertiary alicyclic amines) is 1. The normalized spacial score (nSPS) is 17.6. The van der Waals surface area contributed by atoms with E-state index in [0.717, 1.165) is 11.5 Å². The van der Waals surface area contributed by atoms with Crippen LogP contribution < -0.4 is 4.74 Å². The van der Waals surface area contributed by atoms with Crippen LogP contribution in [0.2, 0.25) is 0 Å². The Hall–Kier alpha value is -2.58. The van der Waals surface area contributed by atoms with Gasteiger partial charge in [0.1, 0.15) is 5.75 Å². The average Bonchev–Trinajstić information content (AvgIpc) is 3.16. The van der Waals surface area contributed by atoms with Gasteiger partial charge in [-0.15, -0.1) is 0 Å². The first-order valence-electron chi connectivity index (χ1n) is 9.48. The van der Waals surface area contributed by atoms with Crippen molar-refractivity contribution in [3.05, 3.63) is 59.3 Å². The van der Waals surface area contributed by atoms with Crippen LogP contribution in [0.15, 0.2) is 42.5 Å². The van der Waals surface area contributed by atoms with E-state index in [-0.39, 0.29) is 5.92 Å². The summed E-state index contributed by atoms with van der Waals surface area (Å²) in [5, 5.41) is 18.8. The molecule has 1 aliphatic heterocycles. The van der Waals surface area contributed by atoms with E-state index in [4.69, 9.17) is 4.74 Å². The third-order valence-corrected chi connectivity index (χ3v) is 5.63. The zero-order chi connectivity index (χ0) is 20.6. The molecule has 3 aromatic rings. The molecule has 0 bridgehead atoms. The van der Waals surface area contributed by atoms with Crippen molar-refractivity contribution in [2.45, 2.75) is 31.2 Å². The molecule has 0 aliphatic carbocycles. The number of nitrogens with zero attached hydrogens (tertiary/aromatic N) is 2. The third-order valence-electron chi connectivity index (χ3n) is 5.63. The summed E-state index contributed by atoms with van der Waals surface area (Å²) in [5.74, 6) is 0.494. The summed E-state index contributed by atoms with van der Waals surface area (Å²) >= 11 is 0. The quantitative estimate of drug-likeness (QED) is 0.673. The number of halogens is 3. The zero-order valence-electron chi connectivity index (χ0n) is 15.9. The Morgan fingerprint density at radius 1 is 1.17 bits per heavy atom. The molecular weight excluding hydrogens is 383 g/mol. The van der Waals surface area contributed by atoms with Gasteiger partial charge in [0.25, 0.3) is 0 Å². The summed E-state index contributed by atoms with van der Waals surface area (Å²) in [7, 11) is 1.57. The lowest BCUT2D eigenvalue weighted by Gasteiger charge is -2.35. The number of fused-ring (bicyclic) bond motifs is 1. The van der Waals surface area contributed by atoms with E-state index in [9.17, 15) is 18.3 Å². The Labute approximate surface area is 166 Å². The summed E-state index contributed by atoms with van der Waals surface area (Å²) in [6, 6.07) is 11.2. The van der Waals surface area contributed by atoms with Gasteiger partial charge < -0.3 is 9.84 Å². The van der Waals surface area contributed by atoms with Crippen LogP contribution in [0.5, 0.6) is 5.75 Å². The second-order valence-electron chi connectivity index (χ2n) is 7.29. The highest BCUT2D eigenvalue weighted by Crippen LogP contribution is 2.39. The molecule has 5 nitrogen and oxygen atoms in total. The zero-order valence-corrected chi connectivity index (χ0v) is 15.9. The maximum Gasteiger partial charge on any atom is 0.416 e. The molecule has 4 rings (SSSR count). The summed E-state index contributed by atoms with van der Waals surface area (Å²) in [6.45, 7) is 0.989. The van der Waals surface area contributed by atoms with Gasteiger partial charge in [0, 0.05) is 24.5 Å². The molecule has 8 heteroatoms. The van der Waals surface area contributed by atoms with E-state index >= 15 is 0 Å². The molecule has 0 radical (unpaired) electrons. The van der Waals surface area contributed by atoms with Crippen LogP contribution in [-0.4, -0.2) is 40.4 Å². The van der Waals surface area contributed by atoms with Crippen molar-refractivity contribution in [2.75, 3.05) is 20.2 Å². The molecule has 1 atom stereocenters. The van der Waals surface area contributed by atoms with E-state index in [0.29, 0.717) is 48.5 Å². The molecule has 0 amide bonds. The number of nitrogens with one attached hydrogen (secondary N) is 1. The number of aromatic nitrogens is 2. The van der Waals surface area contributed by atoms with E-state index < -0.39 is 18.0 Å². The Morgan fingerprint density at radius 3 is 2.59 bits per heavy atom. The first-order valence-corrected chi connectivity index (χ1v) is 9.48. The number of methoxy groups -OCH3 is 1. The Bertz CT molecular complexity index is 994. The van der Waals surface area contributed by atoms with Gasteiger partial charge in [-0.1, -0.05) is 18.2 Å². The van der Waals surface area contributed by atoms with E-state index in [1.54, 1.807) is 31.4 Å². The van der Waals surface area contributed by atoms with Crippen molar-refractivity contribution >= 4 is 10.9 Å². The number of benzene rings is 2. The van der Waals surface area contributed by atoms with Gasteiger partial charge >= 0.3 is 6.18 Å². The monoisotopic (exact) mass is 405 g/mol. The highest BCUT2D eigenvalue weighted by Gasteiger charge is 2.36. The predicted octanol–water partition coefficient (Wildman–Crippen LogP) is 4.46. The maximum absolute atomic E-state index is 13.3. The number of aliphatic hydroxyl groups excluding tert-OH is 1. The molecular formula is C21H22F3N3O2. The number of ether oxygens (including phenoxy) is 1. The fraction of sp³-hybridized carbons (Fsp3) is 0.381. The van der Waals surface area contributed by atoms with Gasteiger partial charge in [-0.2, -0.15) is 18.3 Å². The number of piperidine rings is 1. The smallest absolute Gasteiger partial charge is 0.416 e. The van der Waals surface area contributed by atoms with E-state index in [2.05, 4.69) is 10.2 Å². The predicted molar refractivity (Wildman–Crippen MR) is 103 cm³/mol.